The standard InChI is InChI=1S/C35H48F4O3/c1-3-5-7-8-28-15-13-27(22-41-28)24-9-11-25(12-10-24)30-17-14-26(20-31(30)36)35(39)33(38)23-42-34-18-16-29(21-32(34)37)40-19-6-4-2/h14,16-18,20-21,24-25,27-28,33,35H,3-13,15,19,22-23H2,1-2H3. The minimum atomic E-state index is -2.08. The van der Waals surface area contributed by atoms with E-state index in [4.69, 9.17) is 14.2 Å². The zero-order valence-electron chi connectivity index (χ0n) is 25.3. The highest BCUT2D eigenvalue weighted by Crippen LogP contribution is 2.42. The van der Waals surface area contributed by atoms with Gasteiger partial charge in [0.1, 0.15) is 18.2 Å². The Kier molecular flexibility index (Phi) is 12.8. The highest BCUT2D eigenvalue weighted by molar-refractivity contribution is 5.33. The first-order valence-corrected chi connectivity index (χ1v) is 16.1. The number of rotatable bonds is 15. The smallest absolute Gasteiger partial charge is 0.169 e. The molecule has 1 aliphatic carbocycles. The Morgan fingerprint density at radius 3 is 2.24 bits per heavy atom. The summed E-state index contributed by atoms with van der Waals surface area (Å²) in [7, 11) is 0. The lowest BCUT2D eigenvalue weighted by Crippen LogP contribution is -2.32. The topological polar surface area (TPSA) is 27.7 Å². The van der Waals surface area contributed by atoms with Crippen molar-refractivity contribution in [3.63, 3.8) is 0 Å². The van der Waals surface area contributed by atoms with E-state index >= 15 is 4.39 Å². The molecule has 7 heteroatoms. The van der Waals surface area contributed by atoms with Gasteiger partial charge < -0.3 is 14.2 Å². The summed E-state index contributed by atoms with van der Waals surface area (Å²) >= 11 is 0. The third kappa shape index (κ3) is 9.11. The molecule has 3 nitrogen and oxygen atoms in total. The van der Waals surface area contributed by atoms with E-state index in [2.05, 4.69) is 6.92 Å². The van der Waals surface area contributed by atoms with Crippen LogP contribution in [-0.2, 0) is 4.74 Å². The summed E-state index contributed by atoms with van der Waals surface area (Å²) < 4.78 is 76.0. The molecule has 0 N–H and O–H groups in total. The highest BCUT2D eigenvalue weighted by Gasteiger charge is 2.33. The van der Waals surface area contributed by atoms with Gasteiger partial charge in [-0.15, -0.1) is 0 Å². The van der Waals surface area contributed by atoms with Gasteiger partial charge in [-0.2, -0.15) is 0 Å². The molecular formula is C35H48F4O3. The van der Waals surface area contributed by atoms with E-state index in [1.807, 2.05) is 6.92 Å². The summed E-state index contributed by atoms with van der Waals surface area (Å²) in [5, 5.41) is 0. The Hall–Kier alpha value is -2.28. The molecule has 0 spiro atoms. The molecule has 2 aromatic carbocycles. The predicted molar refractivity (Wildman–Crippen MR) is 159 cm³/mol. The maximum absolute atomic E-state index is 15.1. The molecule has 0 amide bonds. The van der Waals surface area contributed by atoms with E-state index in [0.717, 1.165) is 57.6 Å². The van der Waals surface area contributed by atoms with Crippen molar-refractivity contribution in [2.45, 2.75) is 115 Å². The van der Waals surface area contributed by atoms with E-state index < -0.39 is 30.6 Å². The average Bonchev–Trinajstić information content (AvgIpc) is 3.01. The molecular weight excluding hydrogens is 544 g/mol. The second-order valence-corrected chi connectivity index (χ2v) is 12.2. The van der Waals surface area contributed by atoms with Crippen LogP contribution in [0.1, 0.15) is 114 Å². The van der Waals surface area contributed by atoms with Gasteiger partial charge in [-0.25, -0.2) is 17.6 Å². The number of alkyl halides is 2. The first kappa shape index (κ1) is 32.6. The molecule has 1 heterocycles. The second kappa shape index (κ2) is 16.5. The highest BCUT2D eigenvalue weighted by atomic mass is 19.2. The molecule has 1 aliphatic heterocycles. The molecule has 2 aromatic rings. The maximum Gasteiger partial charge on any atom is 0.169 e. The molecule has 2 aliphatic rings. The van der Waals surface area contributed by atoms with Gasteiger partial charge in [0.2, 0.25) is 0 Å². The third-order valence-corrected chi connectivity index (χ3v) is 9.14. The van der Waals surface area contributed by atoms with Crippen molar-refractivity contribution in [3.05, 3.63) is 59.2 Å². The van der Waals surface area contributed by atoms with Crippen molar-refractivity contribution < 1.29 is 31.8 Å². The van der Waals surface area contributed by atoms with E-state index in [-0.39, 0.29) is 17.2 Å². The number of ether oxygens (including phenoxy) is 3. The van der Waals surface area contributed by atoms with E-state index in [1.54, 1.807) is 6.07 Å². The summed E-state index contributed by atoms with van der Waals surface area (Å²) in [5.74, 6) is 0.246. The van der Waals surface area contributed by atoms with Gasteiger partial charge in [0.15, 0.2) is 23.9 Å². The first-order valence-electron chi connectivity index (χ1n) is 16.1. The minimum absolute atomic E-state index is 0.0750. The summed E-state index contributed by atoms with van der Waals surface area (Å²) in [6, 6.07) is 8.22. The zero-order valence-corrected chi connectivity index (χ0v) is 25.3. The predicted octanol–water partition coefficient (Wildman–Crippen LogP) is 10.2. The summed E-state index contributed by atoms with van der Waals surface area (Å²) in [4.78, 5) is 0. The maximum atomic E-state index is 15.1. The monoisotopic (exact) mass is 592 g/mol. The van der Waals surface area contributed by atoms with Crippen molar-refractivity contribution in [3.8, 4) is 11.5 Å². The normalized spacial score (nSPS) is 24.2. The number of halogens is 4. The van der Waals surface area contributed by atoms with Crippen LogP contribution >= 0.6 is 0 Å². The molecule has 1 saturated carbocycles. The second-order valence-electron chi connectivity index (χ2n) is 12.2. The van der Waals surface area contributed by atoms with Gasteiger partial charge in [-0.05, 0) is 98.4 Å². The largest absolute Gasteiger partial charge is 0.493 e. The Morgan fingerprint density at radius 1 is 0.810 bits per heavy atom. The lowest BCUT2D eigenvalue weighted by molar-refractivity contribution is -0.0415. The van der Waals surface area contributed by atoms with E-state index in [1.165, 1.54) is 56.4 Å². The Balaban J connectivity index is 1.23. The van der Waals surface area contributed by atoms with Crippen LogP contribution in [0.2, 0.25) is 0 Å². The summed E-state index contributed by atoms with van der Waals surface area (Å²) in [6.07, 6.45) is 9.19. The molecule has 1 saturated heterocycles. The quantitative estimate of drug-likeness (QED) is 0.152. The molecule has 0 radical (unpaired) electrons. The van der Waals surface area contributed by atoms with Crippen LogP contribution in [0, 0.1) is 23.5 Å². The van der Waals surface area contributed by atoms with Gasteiger partial charge in [0.05, 0.1) is 19.3 Å². The zero-order chi connectivity index (χ0) is 29.9. The fourth-order valence-corrected chi connectivity index (χ4v) is 6.48. The first-order chi connectivity index (χ1) is 20.4. The fraction of sp³-hybridized carbons (Fsp3) is 0.657. The van der Waals surface area contributed by atoms with E-state index in [9.17, 15) is 13.2 Å². The van der Waals surface area contributed by atoms with Crippen LogP contribution < -0.4 is 9.47 Å². The van der Waals surface area contributed by atoms with Gasteiger partial charge in [0, 0.05) is 6.07 Å². The fourth-order valence-electron chi connectivity index (χ4n) is 6.48. The molecule has 0 bridgehead atoms. The number of hydrogen-bond acceptors (Lipinski definition) is 3. The van der Waals surface area contributed by atoms with Gasteiger partial charge in [-0.3, -0.25) is 0 Å². The van der Waals surface area contributed by atoms with Gasteiger partial charge in [-0.1, -0.05) is 51.7 Å². The molecule has 4 atom stereocenters. The molecule has 42 heavy (non-hydrogen) atoms. The average molecular weight is 593 g/mol. The van der Waals surface area contributed by atoms with Crippen LogP contribution in [0.4, 0.5) is 17.6 Å². The number of hydrogen-bond donors (Lipinski definition) is 0. The van der Waals surface area contributed by atoms with Crippen molar-refractivity contribution in [2.24, 2.45) is 11.8 Å². The van der Waals surface area contributed by atoms with Crippen LogP contribution in [0.3, 0.4) is 0 Å². The van der Waals surface area contributed by atoms with Crippen molar-refractivity contribution in [1.82, 2.24) is 0 Å². The lowest BCUT2D eigenvalue weighted by Gasteiger charge is -2.38. The Labute approximate surface area is 249 Å². The van der Waals surface area contributed by atoms with Gasteiger partial charge >= 0.3 is 0 Å². The Morgan fingerprint density at radius 2 is 1.57 bits per heavy atom. The van der Waals surface area contributed by atoms with Crippen LogP contribution in [0.15, 0.2) is 36.4 Å². The molecule has 4 rings (SSSR count). The molecule has 0 aromatic heterocycles. The lowest BCUT2D eigenvalue weighted by atomic mass is 9.72. The summed E-state index contributed by atoms with van der Waals surface area (Å²) in [5.41, 5.74) is 0.504. The summed E-state index contributed by atoms with van der Waals surface area (Å²) in [6.45, 7) is 4.87. The van der Waals surface area contributed by atoms with Crippen LogP contribution in [0.5, 0.6) is 11.5 Å². The minimum Gasteiger partial charge on any atom is -0.493 e. The Bertz CT molecular complexity index is 1080. The molecule has 4 unspecified atom stereocenters. The number of benzene rings is 2. The van der Waals surface area contributed by atoms with E-state index in [0.29, 0.717) is 35.9 Å². The van der Waals surface area contributed by atoms with Crippen molar-refractivity contribution >= 4 is 0 Å². The van der Waals surface area contributed by atoms with Crippen molar-refractivity contribution in [1.29, 1.82) is 0 Å². The van der Waals surface area contributed by atoms with Crippen LogP contribution in [0.25, 0.3) is 0 Å². The third-order valence-electron chi connectivity index (χ3n) is 9.14. The van der Waals surface area contributed by atoms with Gasteiger partial charge in [0.25, 0.3) is 0 Å². The molecule has 234 valence electrons. The van der Waals surface area contributed by atoms with Crippen LogP contribution in [-0.4, -0.2) is 32.1 Å². The molecule has 2 fully saturated rings. The van der Waals surface area contributed by atoms with Crippen molar-refractivity contribution in [2.75, 3.05) is 19.8 Å². The SMILES string of the molecule is CCCCCC1CCC(C2CCC(c3ccc(C(F)C(F)COc4ccc(OCCCC)cc4F)cc3F)CC2)CO1. The number of unbranched alkanes of at least 4 members (excludes halogenated alkanes) is 3.